The second-order valence-corrected chi connectivity index (χ2v) is 6.15. The molecule has 21 heavy (non-hydrogen) atoms. The van der Waals surface area contributed by atoms with Crippen molar-refractivity contribution in [2.24, 2.45) is 0 Å². The Bertz CT molecular complexity index is 750. The van der Waals surface area contributed by atoms with Crippen LogP contribution in [0, 0.1) is 5.82 Å². The van der Waals surface area contributed by atoms with E-state index in [1.165, 1.54) is 39.7 Å². The van der Waals surface area contributed by atoms with Crippen molar-refractivity contribution >= 4 is 33.7 Å². The highest BCUT2D eigenvalue weighted by molar-refractivity contribution is 7.14. The van der Waals surface area contributed by atoms with E-state index in [-0.39, 0.29) is 11.7 Å². The van der Waals surface area contributed by atoms with Crippen molar-refractivity contribution in [2.45, 2.75) is 0 Å². The van der Waals surface area contributed by atoms with Crippen LogP contribution in [-0.4, -0.2) is 17.9 Å². The summed E-state index contributed by atoms with van der Waals surface area (Å²) >= 11 is 2.79. The van der Waals surface area contributed by atoms with E-state index in [0.717, 1.165) is 11.3 Å². The van der Waals surface area contributed by atoms with Crippen LogP contribution in [0.4, 0.5) is 9.52 Å². The molecule has 0 radical (unpaired) electrons. The molecule has 0 bridgehead atoms. The fourth-order valence-electron chi connectivity index (χ4n) is 1.82. The van der Waals surface area contributed by atoms with E-state index in [4.69, 9.17) is 0 Å². The summed E-state index contributed by atoms with van der Waals surface area (Å²) in [5.74, 6) is -0.357. The molecule has 0 N–H and O–H groups in total. The van der Waals surface area contributed by atoms with Gasteiger partial charge in [-0.15, -0.1) is 22.7 Å². The normalized spacial score (nSPS) is 10.6. The van der Waals surface area contributed by atoms with Gasteiger partial charge in [-0.3, -0.25) is 9.69 Å². The van der Waals surface area contributed by atoms with Crippen molar-refractivity contribution < 1.29 is 9.18 Å². The summed E-state index contributed by atoms with van der Waals surface area (Å²) in [6.07, 6.45) is 0. The van der Waals surface area contributed by atoms with Gasteiger partial charge < -0.3 is 0 Å². The third-order valence-corrected chi connectivity index (χ3v) is 4.73. The third-order valence-electron chi connectivity index (χ3n) is 2.96. The molecule has 6 heteroatoms. The first kappa shape index (κ1) is 13.9. The predicted octanol–water partition coefficient (Wildman–Crippen LogP) is 4.29. The number of hydrogen-bond donors (Lipinski definition) is 0. The highest BCUT2D eigenvalue weighted by Gasteiger charge is 2.17. The van der Waals surface area contributed by atoms with Crippen LogP contribution in [0.5, 0.6) is 0 Å². The number of carbonyl (C=O) groups excluding carboxylic acids is 1. The summed E-state index contributed by atoms with van der Waals surface area (Å²) in [5, 5.41) is 4.35. The average molecular weight is 318 g/mol. The standard InChI is InChI=1S/C15H11FN2OS2/c1-18(14(19)13-3-2-8-20-13)15-17-12(9-21-15)10-4-6-11(16)7-5-10/h2-9H,1H3. The Kier molecular flexibility index (Phi) is 3.81. The summed E-state index contributed by atoms with van der Waals surface area (Å²) < 4.78 is 12.9. The van der Waals surface area contributed by atoms with Crippen LogP contribution in [0.15, 0.2) is 47.2 Å². The van der Waals surface area contributed by atoms with Crippen molar-refractivity contribution in [1.29, 1.82) is 0 Å². The van der Waals surface area contributed by atoms with Crippen LogP contribution < -0.4 is 4.90 Å². The number of amides is 1. The summed E-state index contributed by atoms with van der Waals surface area (Å²) in [6.45, 7) is 0. The lowest BCUT2D eigenvalue weighted by Crippen LogP contribution is -2.25. The fourth-order valence-corrected chi connectivity index (χ4v) is 3.32. The zero-order valence-electron chi connectivity index (χ0n) is 11.1. The Morgan fingerprint density at radius 3 is 2.62 bits per heavy atom. The maximum Gasteiger partial charge on any atom is 0.269 e. The Labute approximate surface area is 129 Å². The molecule has 0 unspecified atom stereocenters. The van der Waals surface area contributed by atoms with E-state index in [0.29, 0.717) is 10.0 Å². The Balaban J connectivity index is 1.84. The number of thiazole rings is 1. The second-order valence-electron chi connectivity index (χ2n) is 4.36. The van der Waals surface area contributed by atoms with Gasteiger partial charge in [0.25, 0.3) is 5.91 Å². The number of benzene rings is 1. The van der Waals surface area contributed by atoms with E-state index >= 15 is 0 Å². The second kappa shape index (κ2) is 5.75. The lowest BCUT2D eigenvalue weighted by atomic mass is 10.2. The van der Waals surface area contributed by atoms with Gasteiger partial charge in [-0.25, -0.2) is 9.37 Å². The lowest BCUT2D eigenvalue weighted by molar-refractivity contribution is 0.0997. The lowest BCUT2D eigenvalue weighted by Gasteiger charge is -2.12. The molecule has 0 atom stereocenters. The quantitative estimate of drug-likeness (QED) is 0.722. The first-order chi connectivity index (χ1) is 10.1. The summed E-state index contributed by atoms with van der Waals surface area (Å²) in [6, 6.07) is 9.78. The van der Waals surface area contributed by atoms with Crippen molar-refractivity contribution in [3.05, 3.63) is 57.9 Å². The van der Waals surface area contributed by atoms with E-state index < -0.39 is 0 Å². The van der Waals surface area contributed by atoms with Gasteiger partial charge in [-0.1, -0.05) is 6.07 Å². The fraction of sp³-hybridized carbons (Fsp3) is 0.0667. The summed E-state index contributed by atoms with van der Waals surface area (Å²) in [5.41, 5.74) is 1.57. The first-order valence-corrected chi connectivity index (χ1v) is 7.94. The zero-order valence-corrected chi connectivity index (χ0v) is 12.7. The number of halogens is 1. The van der Waals surface area contributed by atoms with E-state index in [9.17, 15) is 9.18 Å². The molecule has 0 saturated heterocycles. The molecule has 3 rings (SSSR count). The van der Waals surface area contributed by atoms with Crippen LogP contribution in [0.25, 0.3) is 11.3 Å². The summed E-state index contributed by atoms with van der Waals surface area (Å²) in [4.78, 5) is 18.9. The molecule has 3 aromatic rings. The molecule has 0 aliphatic rings. The Morgan fingerprint density at radius 2 is 1.95 bits per heavy atom. The number of hydrogen-bond acceptors (Lipinski definition) is 4. The van der Waals surface area contributed by atoms with Crippen molar-refractivity contribution in [3.8, 4) is 11.3 Å². The van der Waals surface area contributed by atoms with Gasteiger partial charge in [0.05, 0.1) is 10.6 Å². The van der Waals surface area contributed by atoms with Crippen LogP contribution in [-0.2, 0) is 0 Å². The number of rotatable bonds is 3. The highest BCUT2D eigenvalue weighted by Crippen LogP contribution is 2.28. The Morgan fingerprint density at radius 1 is 1.19 bits per heavy atom. The minimum Gasteiger partial charge on any atom is -0.286 e. The van der Waals surface area contributed by atoms with E-state index in [2.05, 4.69) is 4.98 Å². The van der Waals surface area contributed by atoms with Crippen LogP contribution in [0.2, 0.25) is 0 Å². The molecule has 2 aromatic heterocycles. The van der Waals surface area contributed by atoms with Gasteiger partial charge in [-0.2, -0.15) is 0 Å². The smallest absolute Gasteiger partial charge is 0.269 e. The molecule has 106 valence electrons. The maximum atomic E-state index is 12.9. The maximum absolute atomic E-state index is 12.9. The van der Waals surface area contributed by atoms with Gasteiger partial charge in [0, 0.05) is 18.0 Å². The Hall–Kier alpha value is -2.05. The number of carbonyl (C=O) groups is 1. The largest absolute Gasteiger partial charge is 0.286 e. The summed E-state index contributed by atoms with van der Waals surface area (Å²) in [7, 11) is 1.70. The molecular weight excluding hydrogens is 307 g/mol. The number of anilines is 1. The predicted molar refractivity (Wildman–Crippen MR) is 84.6 cm³/mol. The zero-order chi connectivity index (χ0) is 14.8. The number of aromatic nitrogens is 1. The minimum atomic E-state index is -0.279. The molecule has 1 aromatic carbocycles. The van der Waals surface area contributed by atoms with Gasteiger partial charge in [-0.05, 0) is 35.7 Å². The van der Waals surface area contributed by atoms with Gasteiger partial charge in [0.15, 0.2) is 5.13 Å². The molecule has 0 aliphatic heterocycles. The third kappa shape index (κ3) is 2.86. The molecule has 0 saturated carbocycles. The van der Waals surface area contributed by atoms with Crippen molar-refractivity contribution in [1.82, 2.24) is 4.98 Å². The number of thiophene rings is 1. The van der Waals surface area contributed by atoms with Crippen LogP contribution >= 0.6 is 22.7 Å². The SMILES string of the molecule is CN(C(=O)c1cccs1)c1nc(-c2ccc(F)cc2)cs1. The van der Waals surface area contributed by atoms with Crippen LogP contribution in [0.1, 0.15) is 9.67 Å². The van der Waals surface area contributed by atoms with E-state index in [1.807, 2.05) is 16.8 Å². The number of nitrogens with zero attached hydrogens (tertiary/aromatic N) is 2. The molecule has 1 amide bonds. The highest BCUT2D eigenvalue weighted by atomic mass is 32.1. The van der Waals surface area contributed by atoms with Crippen LogP contribution in [0.3, 0.4) is 0 Å². The van der Waals surface area contributed by atoms with E-state index in [1.54, 1.807) is 25.2 Å². The monoisotopic (exact) mass is 318 g/mol. The van der Waals surface area contributed by atoms with Crippen molar-refractivity contribution in [2.75, 3.05) is 11.9 Å². The molecule has 3 nitrogen and oxygen atoms in total. The van der Waals surface area contributed by atoms with Crippen molar-refractivity contribution in [3.63, 3.8) is 0 Å². The minimum absolute atomic E-state index is 0.0787. The van der Waals surface area contributed by atoms with Gasteiger partial charge in [0.2, 0.25) is 0 Å². The molecule has 0 spiro atoms. The first-order valence-electron chi connectivity index (χ1n) is 6.18. The molecule has 0 aliphatic carbocycles. The molecular formula is C15H11FN2OS2. The van der Waals surface area contributed by atoms with Gasteiger partial charge in [0.1, 0.15) is 5.82 Å². The molecule has 2 heterocycles. The van der Waals surface area contributed by atoms with Gasteiger partial charge >= 0.3 is 0 Å². The average Bonchev–Trinajstić information content (AvgIpc) is 3.18. The molecule has 0 fully saturated rings. The topological polar surface area (TPSA) is 33.2 Å².